The first-order valence-corrected chi connectivity index (χ1v) is 6.68. The van der Waals surface area contributed by atoms with Crippen LogP contribution in [0.15, 0.2) is 18.2 Å². The lowest BCUT2D eigenvalue weighted by molar-refractivity contribution is 0.0677. The molecule has 0 fully saturated rings. The molecular formula is C15H16N2O4. The second kappa shape index (κ2) is 5.21. The number of carboxylic acids is 1. The maximum absolute atomic E-state index is 11.3. The number of rotatable bonds is 3. The van der Waals surface area contributed by atoms with E-state index in [4.69, 9.17) is 9.47 Å². The van der Waals surface area contributed by atoms with Gasteiger partial charge in [-0.2, -0.15) is 5.10 Å². The third-order valence-electron chi connectivity index (χ3n) is 3.65. The summed E-state index contributed by atoms with van der Waals surface area (Å²) < 4.78 is 12.3. The van der Waals surface area contributed by atoms with Crippen molar-refractivity contribution in [1.29, 1.82) is 0 Å². The second-order valence-corrected chi connectivity index (χ2v) is 4.95. The van der Waals surface area contributed by atoms with Crippen LogP contribution >= 0.6 is 0 Å². The first-order chi connectivity index (χ1) is 10.1. The number of aryl methyl sites for hydroxylation is 1. The number of carbonyl (C=O) groups is 1. The summed E-state index contributed by atoms with van der Waals surface area (Å²) in [5.41, 5.74) is 3.45. The van der Waals surface area contributed by atoms with E-state index in [1.807, 2.05) is 25.1 Å². The van der Waals surface area contributed by atoms with E-state index in [0.29, 0.717) is 25.2 Å². The molecule has 0 spiro atoms. The van der Waals surface area contributed by atoms with Crippen LogP contribution < -0.4 is 4.74 Å². The third kappa shape index (κ3) is 2.27. The molecule has 6 heteroatoms. The number of benzene rings is 1. The summed E-state index contributed by atoms with van der Waals surface area (Å²) in [6.07, 6.45) is 0.653. The molecule has 0 atom stereocenters. The van der Waals surface area contributed by atoms with E-state index in [9.17, 15) is 9.90 Å². The number of hydrogen-bond donors (Lipinski definition) is 1. The molecule has 1 aromatic carbocycles. The smallest absolute Gasteiger partial charge is 0.356 e. The van der Waals surface area contributed by atoms with Gasteiger partial charge in [0.1, 0.15) is 5.75 Å². The molecular weight excluding hydrogens is 272 g/mol. The van der Waals surface area contributed by atoms with Crippen molar-refractivity contribution in [2.75, 3.05) is 13.7 Å². The summed E-state index contributed by atoms with van der Waals surface area (Å²) >= 11 is 0. The minimum absolute atomic E-state index is 0.0678. The molecule has 1 N–H and O–H groups in total. The quantitative estimate of drug-likeness (QED) is 0.934. The maximum Gasteiger partial charge on any atom is 0.356 e. The van der Waals surface area contributed by atoms with Crippen LogP contribution in [-0.4, -0.2) is 34.6 Å². The molecule has 0 radical (unpaired) electrons. The van der Waals surface area contributed by atoms with Gasteiger partial charge in [0.05, 0.1) is 31.7 Å². The van der Waals surface area contributed by atoms with E-state index in [2.05, 4.69) is 5.10 Å². The van der Waals surface area contributed by atoms with Crippen LogP contribution in [0.4, 0.5) is 0 Å². The Morgan fingerprint density at radius 1 is 1.48 bits per heavy atom. The van der Waals surface area contributed by atoms with Gasteiger partial charge in [0.15, 0.2) is 5.69 Å². The fourth-order valence-electron chi connectivity index (χ4n) is 2.62. The van der Waals surface area contributed by atoms with Gasteiger partial charge in [-0.3, -0.25) is 0 Å². The predicted molar refractivity (Wildman–Crippen MR) is 75.2 cm³/mol. The van der Waals surface area contributed by atoms with Crippen molar-refractivity contribution in [3.8, 4) is 11.4 Å². The molecule has 0 bridgehead atoms. The number of aromatic nitrogens is 2. The molecule has 0 saturated carbocycles. The van der Waals surface area contributed by atoms with Crippen molar-refractivity contribution in [3.63, 3.8) is 0 Å². The highest BCUT2D eigenvalue weighted by Crippen LogP contribution is 2.26. The normalized spacial score (nSPS) is 13.8. The van der Waals surface area contributed by atoms with E-state index in [1.165, 1.54) is 0 Å². The fourth-order valence-corrected chi connectivity index (χ4v) is 2.62. The SMILES string of the molecule is COc1ccc(-n2nc(C(=O)O)c3c2CCOC3)cc1C. The molecule has 1 aliphatic heterocycles. The first-order valence-electron chi connectivity index (χ1n) is 6.68. The number of hydrogen-bond acceptors (Lipinski definition) is 4. The van der Waals surface area contributed by atoms with Crippen LogP contribution in [0, 0.1) is 6.92 Å². The zero-order valence-corrected chi connectivity index (χ0v) is 11.9. The van der Waals surface area contributed by atoms with Gasteiger partial charge in [-0.25, -0.2) is 9.48 Å². The number of fused-ring (bicyclic) bond motifs is 1. The Bertz CT molecular complexity index is 706. The molecule has 2 aromatic rings. The Hall–Kier alpha value is -2.34. The van der Waals surface area contributed by atoms with Crippen molar-refractivity contribution in [2.24, 2.45) is 0 Å². The maximum atomic E-state index is 11.3. The highest BCUT2D eigenvalue weighted by Gasteiger charge is 2.25. The second-order valence-electron chi connectivity index (χ2n) is 4.95. The summed E-state index contributed by atoms with van der Waals surface area (Å²) in [5.74, 6) is -0.234. The molecule has 110 valence electrons. The van der Waals surface area contributed by atoms with E-state index >= 15 is 0 Å². The Morgan fingerprint density at radius 2 is 2.29 bits per heavy atom. The standard InChI is InChI=1S/C15H16N2O4/c1-9-7-10(3-4-13(9)20-2)17-12-5-6-21-8-11(12)14(16-17)15(18)19/h3-4,7H,5-6,8H2,1-2H3,(H,18,19). The van der Waals surface area contributed by atoms with Gasteiger partial charge < -0.3 is 14.6 Å². The van der Waals surface area contributed by atoms with Crippen molar-refractivity contribution in [2.45, 2.75) is 20.0 Å². The van der Waals surface area contributed by atoms with Gasteiger partial charge in [-0.1, -0.05) is 0 Å². The van der Waals surface area contributed by atoms with E-state index < -0.39 is 5.97 Å². The van der Waals surface area contributed by atoms with Gasteiger partial charge in [-0.15, -0.1) is 0 Å². The first kappa shape index (κ1) is 13.6. The zero-order chi connectivity index (χ0) is 15.0. The Morgan fingerprint density at radius 3 is 2.95 bits per heavy atom. The molecule has 0 aliphatic carbocycles. The average molecular weight is 288 g/mol. The zero-order valence-electron chi connectivity index (χ0n) is 11.9. The highest BCUT2D eigenvalue weighted by molar-refractivity contribution is 5.87. The molecule has 2 heterocycles. The summed E-state index contributed by atoms with van der Waals surface area (Å²) in [5, 5.41) is 13.5. The fraction of sp³-hybridized carbons (Fsp3) is 0.333. The largest absolute Gasteiger partial charge is 0.496 e. The van der Waals surface area contributed by atoms with E-state index in [0.717, 1.165) is 22.7 Å². The minimum Gasteiger partial charge on any atom is -0.496 e. The Labute approximate surface area is 121 Å². The van der Waals surface area contributed by atoms with Crippen molar-refractivity contribution in [3.05, 3.63) is 40.7 Å². The van der Waals surface area contributed by atoms with Crippen LogP contribution in [0.2, 0.25) is 0 Å². The van der Waals surface area contributed by atoms with Gasteiger partial charge in [0, 0.05) is 12.0 Å². The molecule has 0 unspecified atom stereocenters. The minimum atomic E-state index is -1.03. The Balaban J connectivity index is 2.14. The summed E-state index contributed by atoms with van der Waals surface area (Å²) in [6, 6.07) is 5.67. The summed E-state index contributed by atoms with van der Waals surface area (Å²) in [6.45, 7) is 2.82. The molecule has 0 saturated heterocycles. The number of nitrogens with zero attached hydrogens (tertiary/aromatic N) is 2. The molecule has 6 nitrogen and oxygen atoms in total. The lowest BCUT2D eigenvalue weighted by atomic mass is 10.1. The lowest BCUT2D eigenvalue weighted by Crippen LogP contribution is -2.13. The molecule has 21 heavy (non-hydrogen) atoms. The van der Waals surface area contributed by atoms with Gasteiger partial charge in [0.25, 0.3) is 0 Å². The number of ether oxygens (including phenoxy) is 2. The molecule has 0 amide bonds. The van der Waals surface area contributed by atoms with Crippen LogP contribution in [-0.2, 0) is 17.8 Å². The third-order valence-corrected chi connectivity index (χ3v) is 3.65. The average Bonchev–Trinajstić information content (AvgIpc) is 2.87. The van der Waals surface area contributed by atoms with Crippen LogP contribution in [0.5, 0.6) is 5.75 Å². The number of aromatic carboxylic acids is 1. The van der Waals surface area contributed by atoms with Crippen LogP contribution in [0.25, 0.3) is 5.69 Å². The van der Waals surface area contributed by atoms with E-state index in [-0.39, 0.29) is 5.69 Å². The van der Waals surface area contributed by atoms with Crippen LogP contribution in [0.3, 0.4) is 0 Å². The van der Waals surface area contributed by atoms with Gasteiger partial charge in [0.2, 0.25) is 0 Å². The van der Waals surface area contributed by atoms with Crippen LogP contribution in [0.1, 0.15) is 27.3 Å². The number of carboxylic acid groups (broad SMARTS) is 1. The monoisotopic (exact) mass is 288 g/mol. The molecule has 3 rings (SSSR count). The van der Waals surface area contributed by atoms with Crippen molar-refractivity contribution in [1.82, 2.24) is 9.78 Å². The highest BCUT2D eigenvalue weighted by atomic mass is 16.5. The lowest BCUT2D eigenvalue weighted by Gasteiger charge is -2.15. The predicted octanol–water partition coefficient (Wildman–Crippen LogP) is 1.96. The summed E-state index contributed by atoms with van der Waals surface area (Å²) in [4.78, 5) is 11.3. The molecule has 1 aliphatic rings. The summed E-state index contributed by atoms with van der Waals surface area (Å²) in [7, 11) is 1.62. The van der Waals surface area contributed by atoms with Crippen molar-refractivity contribution >= 4 is 5.97 Å². The number of methoxy groups -OCH3 is 1. The molecule has 1 aromatic heterocycles. The van der Waals surface area contributed by atoms with Crippen molar-refractivity contribution < 1.29 is 19.4 Å². The topological polar surface area (TPSA) is 73.6 Å². The van der Waals surface area contributed by atoms with Gasteiger partial charge in [-0.05, 0) is 30.7 Å². The Kier molecular flexibility index (Phi) is 3.39. The van der Waals surface area contributed by atoms with Gasteiger partial charge >= 0.3 is 5.97 Å². The van der Waals surface area contributed by atoms with E-state index in [1.54, 1.807) is 11.8 Å².